The van der Waals surface area contributed by atoms with E-state index >= 15 is 0 Å². The summed E-state index contributed by atoms with van der Waals surface area (Å²) >= 11 is 6.38. The molecule has 2 rings (SSSR count). The number of aromatic nitrogens is 2. The Labute approximate surface area is 120 Å². The predicted octanol–water partition coefficient (Wildman–Crippen LogP) is 1.81. The van der Waals surface area contributed by atoms with E-state index in [2.05, 4.69) is 4.98 Å². The fourth-order valence-electron chi connectivity index (χ4n) is 2.33. The van der Waals surface area contributed by atoms with Crippen molar-refractivity contribution in [2.75, 3.05) is 0 Å². The third-order valence-corrected chi connectivity index (χ3v) is 3.70. The summed E-state index contributed by atoms with van der Waals surface area (Å²) in [4.78, 5) is 25.5. The average Bonchev–Trinajstić information content (AvgIpc) is 2.37. The summed E-state index contributed by atoms with van der Waals surface area (Å²) in [6.07, 6.45) is 2.44. The Hall–Kier alpha value is -1.88. The number of halogens is 1. The Morgan fingerprint density at radius 2 is 2.20 bits per heavy atom. The maximum atomic E-state index is 11.9. The molecule has 0 aliphatic carbocycles. The Morgan fingerprint density at radius 3 is 2.80 bits per heavy atom. The molecule has 2 N–H and O–H groups in total. The molecule has 0 fully saturated rings. The van der Waals surface area contributed by atoms with Crippen molar-refractivity contribution in [1.29, 1.82) is 0 Å². The van der Waals surface area contributed by atoms with E-state index in [-0.39, 0.29) is 17.5 Å². The lowest BCUT2D eigenvalue weighted by molar-refractivity contribution is -0.693. The lowest BCUT2D eigenvalue weighted by Gasteiger charge is -2.08. The standard InChI is InChI=1S/C14H15ClN2O3/c1-3-5-17-6-4-10-12(13(17)15)8(2)9(7-11(18)19)14(20)16-10/h4,6H,3,5,7H2,1-2H3,(H,18,19)/p+1. The highest BCUT2D eigenvalue weighted by molar-refractivity contribution is 6.33. The van der Waals surface area contributed by atoms with Gasteiger partial charge in [0.25, 0.3) is 10.7 Å². The van der Waals surface area contributed by atoms with E-state index in [1.807, 2.05) is 17.7 Å². The van der Waals surface area contributed by atoms with Gasteiger partial charge in [-0.15, -0.1) is 0 Å². The number of pyridine rings is 2. The number of nitrogens with one attached hydrogen (secondary N) is 1. The second-order valence-corrected chi connectivity index (χ2v) is 5.07. The number of carboxylic acids is 1. The van der Waals surface area contributed by atoms with Crippen molar-refractivity contribution in [1.82, 2.24) is 4.98 Å². The predicted molar refractivity (Wildman–Crippen MR) is 76.1 cm³/mol. The van der Waals surface area contributed by atoms with Gasteiger partial charge in [-0.2, -0.15) is 4.57 Å². The molecule has 0 radical (unpaired) electrons. The minimum atomic E-state index is -1.04. The van der Waals surface area contributed by atoms with Gasteiger partial charge in [0.1, 0.15) is 6.54 Å². The van der Waals surface area contributed by atoms with Crippen LogP contribution in [0.1, 0.15) is 24.5 Å². The van der Waals surface area contributed by atoms with Crippen LogP contribution in [-0.4, -0.2) is 16.1 Å². The summed E-state index contributed by atoms with van der Waals surface area (Å²) in [5, 5.41) is 10.1. The van der Waals surface area contributed by atoms with Crippen LogP contribution in [0.5, 0.6) is 0 Å². The van der Waals surface area contributed by atoms with Crippen LogP contribution in [0.2, 0.25) is 5.15 Å². The molecule has 0 aliphatic heterocycles. The molecule has 0 bridgehead atoms. The summed E-state index contributed by atoms with van der Waals surface area (Å²) in [7, 11) is 0. The summed E-state index contributed by atoms with van der Waals surface area (Å²) in [5.41, 5.74) is 1.13. The molecule has 0 aromatic carbocycles. The quantitative estimate of drug-likeness (QED) is 0.667. The zero-order chi connectivity index (χ0) is 14.9. The molecule has 5 nitrogen and oxygen atoms in total. The summed E-state index contributed by atoms with van der Waals surface area (Å²) in [5.74, 6) is -1.04. The second-order valence-electron chi connectivity index (χ2n) is 4.72. The van der Waals surface area contributed by atoms with Crippen LogP contribution in [0.25, 0.3) is 10.9 Å². The van der Waals surface area contributed by atoms with Crippen LogP contribution < -0.4 is 10.1 Å². The normalized spacial score (nSPS) is 10.9. The van der Waals surface area contributed by atoms with Crippen molar-refractivity contribution in [2.45, 2.75) is 33.2 Å². The number of nitrogens with zero attached hydrogens (tertiary/aromatic N) is 1. The number of aliphatic carboxylic acids is 1. The lowest BCUT2D eigenvalue weighted by atomic mass is 10.0. The first-order valence-electron chi connectivity index (χ1n) is 6.41. The Bertz CT molecular complexity index is 737. The summed E-state index contributed by atoms with van der Waals surface area (Å²) in [6.45, 7) is 4.54. The van der Waals surface area contributed by atoms with Crippen LogP contribution >= 0.6 is 11.6 Å². The number of aromatic amines is 1. The Kier molecular flexibility index (Phi) is 4.09. The van der Waals surface area contributed by atoms with Crippen molar-refractivity contribution < 1.29 is 14.5 Å². The third-order valence-electron chi connectivity index (χ3n) is 3.29. The van der Waals surface area contributed by atoms with Crippen molar-refractivity contribution in [3.8, 4) is 0 Å². The van der Waals surface area contributed by atoms with Crippen LogP contribution in [0.15, 0.2) is 17.1 Å². The minimum absolute atomic E-state index is 0.251. The number of carbonyl (C=O) groups is 1. The highest BCUT2D eigenvalue weighted by atomic mass is 35.5. The van der Waals surface area contributed by atoms with Crippen molar-refractivity contribution in [2.24, 2.45) is 0 Å². The molecule has 2 aromatic heterocycles. The SMILES string of the molecule is CCC[n+]1ccc2[nH]c(=O)c(CC(=O)O)c(C)c2c1Cl. The van der Waals surface area contributed by atoms with Crippen LogP contribution in [0, 0.1) is 6.92 Å². The molecule has 2 heterocycles. The fraction of sp³-hybridized carbons (Fsp3) is 0.357. The lowest BCUT2D eigenvalue weighted by Crippen LogP contribution is -2.35. The smallest absolute Gasteiger partial charge is 0.308 e. The zero-order valence-electron chi connectivity index (χ0n) is 11.4. The highest BCUT2D eigenvalue weighted by Crippen LogP contribution is 2.23. The number of H-pyrrole nitrogens is 1. The van der Waals surface area contributed by atoms with E-state index in [0.717, 1.165) is 13.0 Å². The Morgan fingerprint density at radius 1 is 1.50 bits per heavy atom. The number of hydrogen-bond acceptors (Lipinski definition) is 2. The van der Waals surface area contributed by atoms with E-state index in [4.69, 9.17) is 16.7 Å². The van der Waals surface area contributed by atoms with Gasteiger partial charge in [-0.1, -0.05) is 6.92 Å². The van der Waals surface area contributed by atoms with Gasteiger partial charge in [-0.3, -0.25) is 9.59 Å². The Balaban J connectivity index is 2.77. The van der Waals surface area contributed by atoms with Crippen molar-refractivity contribution >= 4 is 28.5 Å². The fourth-order valence-corrected chi connectivity index (χ4v) is 2.71. The van der Waals surface area contributed by atoms with E-state index < -0.39 is 5.97 Å². The van der Waals surface area contributed by atoms with E-state index in [1.54, 1.807) is 13.0 Å². The molecule has 106 valence electrons. The monoisotopic (exact) mass is 295 g/mol. The maximum Gasteiger partial charge on any atom is 0.308 e. The van der Waals surface area contributed by atoms with Crippen molar-refractivity contribution in [3.05, 3.63) is 38.9 Å². The van der Waals surface area contributed by atoms with Crippen LogP contribution in [-0.2, 0) is 17.8 Å². The molecule has 6 heteroatoms. The average molecular weight is 296 g/mol. The molecular formula is C14H16ClN2O3+. The van der Waals surface area contributed by atoms with E-state index in [0.29, 0.717) is 21.6 Å². The van der Waals surface area contributed by atoms with Crippen LogP contribution in [0.4, 0.5) is 0 Å². The van der Waals surface area contributed by atoms with Gasteiger partial charge in [0.15, 0.2) is 6.20 Å². The molecule has 0 aliphatic rings. The zero-order valence-corrected chi connectivity index (χ0v) is 12.1. The number of carboxylic acid groups (broad SMARTS) is 1. The number of aryl methyl sites for hydroxylation is 2. The summed E-state index contributed by atoms with van der Waals surface area (Å²) < 4.78 is 1.89. The minimum Gasteiger partial charge on any atom is -0.481 e. The largest absolute Gasteiger partial charge is 0.481 e. The summed E-state index contributed by atoms with van der Waals surface area (Å²) in [6, 6.07) is 1.79. The second kappa shape index (κ2) is 5.63. The number of fused-ring (bicyclic) bond motifs is 1. The maximum absolute atomic E-state index is 11.9. The van der Waals surface area contributed by atoms with Gasteiger partial charge in [0.2, 0.25) is 0 Å². The first-order chi connectivity index (χ1) is 9.45. The molecular weight excluding hydrogens is 280 g/mol. The van der Waals surface area contributed by atoms with E-state index in [9.17, 15) is 9.59 Å². The third kappa shape index (κ3) is 2.54. The number of hydrogen-bond donors (Lipinski definition) is 2. The first kappa shape index (κ1) is 14.5. The van der Waals surface area contributed by atoms with Crippen LogP contribution in [0.3, 0.4) is 0 Å². The topological polar surface area (TPSA) is 74.0 Å². The van der Waals surface area contributed by atoms with Gasteiger partial charge in [0, 0.05) is 18.1 Å². The van der Waals surface area contributed by atoms with E-state index in [1.165, 1.54) is 0 Å². The number of rotatable bonds is 4. The van der Waals surface area contributed by atoms with Gasteiger partial charge in [0.05, 0.1) is 17.3 Å². The first-order valence-corrected chi connectivity index (χ1v) is 6.78. The van der Waals surface area contributed by atoms with Gasteiger partial charge in [-0.25, -0.2) is 0 Å². The van der Waals surface area contributed by atoms with Gasteiger partial charge >= 0.3 is 5.97 Å². The molecule has 20 heavy (non-hydrogen) atoms. The van der Waals surface area contributed by atoms with Gasteiger partial charge < -0.3 is 10.1 Å². The molecule has 0 amide bonds. The molecule has 0 saturated heterocycles. The van der Waals surface area contributed by atoms with Gasteiger partial charge in [-0.05, 0) is 24.1 Å². The molecule has 0 atom stereocenters. The molecule has 0 unspecified atom stereocenters. The molecule has 2 aromatic rings. The van der Waals surface area contributed by atoms with Crippen molar-refractivity contribution in [3.63, 3.8) is 0 Å². The molecule has 0 saturated carbocycles. The highest BCUT2D eigenvalue weighted by Gasteiger charge is 2.19. The molecule has 0 spiro atoms.